The molecule has 0 unspecified atom stereocenters. The Morgan fingerprint density at radius 3 is 2.80 bits per heavy atom. The van der Waals surface area contributed by atoms with Gasteiger partial charge in [0, 0.05) is 5.39 Å². The van der Waals surface area contributed by atoms with Gasteiger partial charge in [0.15, 0.2) is 0 Å². The molecule has 2 aromatic carbocycles. The summed E-state index contributed by atoms with van der Waals surface area (Å²) in [5.74, 6) is -0.0724. The van der Waals surface area contributed by atoms with Crippen LogP contribution in [0, 0.1) is 0 Å². The first-order chi connectivity index (χ1) is 7.36. The van der Waals surface area contributed by atoms with Crippen molar-refractivity contribution in [1.82, 2.24) is 10.2 Å². The predicted octanol–water partition coefficient (Wildman–Crippen LogP) is 1.86. The van der Waals surface area contributed by atoms with Gasteiger partial charge < -0.3 is 5.11 Å². The molecule has 0 fully saturated rings. The van der Waals surface area contributed by atoms with Gasteiger partial charge in [-0.1, -0.05) is 36.1 Å². The third-order valence-electron chi connectivity index (χ3n) is 2.49. The van der Waals surface area contributed by atoms with E-state index in [0.29, 0.717) is 5.52 Å². The van der Waals surface area contributed by atoms with Crippen LogP contribution in [0.1, 0.15) is 0 Å². The molecule has 3 nitrogen and oxygen atoms in total. The van der Waals surface area contributed by atoms with Crippen LogP contribution in [0.25, 0.3) is 21.7 Å². The summed E-state index contributed by atoms with van der Waals surface area (Å²) in [5, 5.41) is 22.1. The maximum absolute atomic E-state index is 11.7. The summed E-state index contributed by atoms with van der Waals surface area (Å²) in [6.07, 6.45) is 1.61. The van der Waals surface area contributed by atoms with Crippen molar-refractivity contribution in [3.05, 3.63) is 42.6 Å². The van der Waals surface area contributed by atoms with Gasteiger partial charge in [0.1, 0.15) is 0 Å². The molecule has 0 radical (unpaired) electrons. The number of nitrogens with zero attached hydrogens (tertiary/aromatic N) is 2. The molecule has 0 spiro atoms. The van der Waals surface area contributed by atoms with Gasteiger partial charge >= 0.3 is 0 Å². The molecule has 0 amide bonds. The minimum Gasteiger partial charge on any atom is -0.871 e. The number of fused-ring (bicyclic) bond motifs is 3. The van der Waals surface area contributed by atoms with Crippen molar-refractivity contribution < 1.29 is 5.11 Å². The first-order valence-electron chi connectivity index (χ1n) is 4.66. The maximum atomic E-state index is 11.7. The quantitative estimate of drug-likeness (QED) is 0.514. The molecule has 0 aliphatic rings. The van der Waals surface area contributed by atoms with Crippen molar-refractivity contribution in [1.29, 1.82) is 0 Å². The maximum Gasteiger partial charge on any atom is 0.0857 e. The molecule has 3 aromatic rings. The average Bonchev–Trinajstić information content (AvgIpc) is 2.30. The molecule has 1 aromatic heterocycles. The summed E-state index contributed by atoms with van der Waals surface area (Å²) in [4.78, 5) is 0. The Labute approximate surface area is 86.0 Å². The topological polar surface area (TPSA) is 48.8 Å². The summed E-state index contributed by atoms with van der Waals surface area (Å²) in [6.45, 7) is 0. The van der Waals surface area contributed by atoms with E-state index in [9.17, 15) is 5.11 Å². The highest BCUT2D eigenvalue weighted by Crippen LogP contribution is 2.28. The number of rotatable bonds is 0. The van der Waals surface area contributed by atoms with E-state index < -0.39 is 0 Å². The number of aromatic nitrogens is 2. The zero-order chi connectivity index (χ0) is 10.3. The zero-order valence-corrected chi connectivity index (χ0v) is 7.84. The zero-order valence-electron chi connectivity index (χ0n) is 7.84. The van der Waals surface area contributed by atoms with E-state index in [2.05, 4.69) is 10.2 Å². The van der Waals surface area contributed by atoms with E-state index in [1.54, 1.807) is 12.3 Å². The summed E-state index contributed by atoms with van der Waals surface area (Å²) >= 11 is 0. The van der Waals surface area contributed by atoms with Crippen molar-refractivity contribution in [3.63, 3.8) is 0 Å². The van der Waals surface area contributed by atoms with E-state index in [-0.39, 0.29) is 5.75 Å². The number of hydrogen-bond donors (Lipinski definition) is 0. The van der Waals surface area contributed by atoms with Crippen LogP contribution in [0.15, 0.2) is 42.6 Å². The van der Waals surface area contributed by atoms with E-state index in [4.69, 9.17) is 0 Å². The smallest absolute Gasteiger partial charge is 0.0857 e. The second-order valence-electron chi connectivity index (χ2n) is 3.39. The van der Waals surface area contributed by atoms with Gasteiger partial charge in [-0.05, 0) is 16.8 Å². The fraction of sp³-hybridized carbons (Fsp3) is 0. The van der Waals surface area contributed by atoms with Crippen molar-refractivity contribution in [2.75, 3.05) is 0 Å². The van der Waals surface area contributed by atoms with E-state index in [1.165, 1.54) is 0 Å². The third kappa shape index (κ3) is 1.13. The van der Waals surface area contributed by atoms with Gasteiger partial charge in [-0.2, -0.15) is 10.2 Å². The Morgan fingerprint density at radius 2 is 1.87 bits per heavy atom. The second-order valence-corrected chi connectivity index (χ2v) is 3.39. The Morgan fingerprint density at radius 1 is 1.00 bits per heavy atom. The predicted molar refractivity (Wildman–Crippen MR) is 56.5 cm³/mol. The Hall–Kier alpha value is -2.16. The highest BCUT2D eigenvalue weighted by molar-refractivity contribution is 6.08. The molecular formula is C12H7N2O-. The lowest BCUT2D eigenvalue weighted by Gasteiger charge is -2.11. The molecule has 3 heteroatoms. The molecule has 0 aliphatic heterocycles. The summed E-state index contributed by atoms with van der Waals surface area (Å²) in [5.41, 5.74) is 0.441. The first-order valence-corrected chi connectivity index (χ1v) is 4.66. The van der Waals surface area contributed by atoms with Gasteiger partial charge in [-0.15, -0.1) is 0 Å². The van der Waals surface area contributed by atoms with Crippen LogP contribution < -0.4 is 5.11 Å². The highest BCUT2D eigenvalue weighted by Gasteiger charge is 2.01. The Bertz CT molecular complexity index is 649. The largest absolute Gasteiger partial charge is 0.871 e. The Balaban J connectivity index is 2.64. The SMILES string of the molecule is [O-]c1cc2ccccc2c2ccnnc12. The van der Waals surface area contributed by atoms with Crippen LogP contribution in [-0.4, -0.2) is 10.2 Å². The average molecular weight is 195 g/mol. The van der Waals surface area contributed by atoms with Gasteiger partial charge in [0.25, 0.3) is 0 Å². The Kier molecular flexibility index (Phi) is 1.59. The molecule has 0 N–H and O–H groups in total. The third-order valence-corrected chi connectivity index (χ3v) is 2.49. The summed E-state index contributed by atoms with van der Waals surface area (Å²) in [6, 6.07) is 11.2. The van der Waals surface area contributed by atoms with Gasteiger partial charge in [0.05, 0.1) is 11.7 Å². The monoisotopic (exact) mass is 195 g/mol. The van der Waals surface area contributed by atoms with Crippen LogP contribution in [0.3, 0.4) is 0 Å². The molecule has 1 heterocycles. The number of hydrogen-bond acceptors (Lipinski definition) is 3. The molecule has 0 atom stereocenters. The minimum atomic E-state index is -0.0724. The van der Waals surface area contributed by atoms with Crippen molar-refractivity contribution in [3.8, 4) is 5.75 Å². The highest BCUT2D eigenvalue weighted by atomic mass is 16.3. The standard InChI is InChI=1S/C12H8N2O/c15-11-7-8-3-1-2-4-9(8)10-5-6-13-14-12(10)11/h1-7,15H/p-1. The molecular weight excluding hydrogens is 188 g/mol. The van der Waals surface area contributed by atoms with E-state index in [1.807, 2.05) is 30.3 Å². The van der Waals surface area contributed by atoms with Crippen LogP contribution >= 0.6 is 0 Å². The van der Waals surface area contributed by atoms with Crippen molar-refractivity contribution in [2.24, 2.45) is 0 Å². The van der Waals surface area contributed by atoms with Gasteiger partial charge in [-0.3, -0.25) is 0 Å². The summed E-state index contributed by atoms with van der Waals surface area (Å²) < 4.78 is 0. The summed E-state index contributed by atoms with van der Waals surface area (Å²) in [7, 11) is 0. The molecule has 72 valence electrons. The van der Waals surface area contributed by atoms with Gasteiger partial charge in [0.2, 0.25) is 0 Å². The molecule has 3 rings (SSSR count). The van der Waals surface area contributed by atoms with Crippen molar-refractivity contribution >= 4 is 21.7 Å². The number of benzene rings is 2. The van der Waals surface area contributed by atoms with Crippen LogP contribution in [0.4, 0.5) is 0 Å². The van der Waals surface area contributed by atoms with Gasteiger partial charge in [-0.25, -0.2) is 0 Å². The molecule has 0 saturated carbocycles. The minimum absolute atomic E-state index is 0.0724. The fourth-order valence-corrected chi connectivity index (χ4v) is 1.81. The first kappa shape index (κ1) is 8.17. The van der Waals surface area contributed by atoms with E-state index >= 15 is 0 Å². The lowest BCUT2D eigenvalue weighted by atomic mass is 10.1. The van der Waals surface area contributed by atoms with Crippen molar-refractivity contribution in [2.45, 2.75) is 0 Å². The normalized spacial score (nSPS) is 10.9. The molecule has 15 heavy (non-hydrogen) atoms. The lowest BCUT2D eigenvalue weighted by Crippen LogP contribution is -1.94. The van der Waals surface area contributed by atoms with Crippen LogP contribution in [0.2, 0.25) is 0 Å². The van der Waals surface area contributed by atoms with Crippen LogP contribution in [0.5, 0.6) is 5.75 Å². The molecule has 0 saturated heterocycles. The second kappa shape index (κ2) is 2.92. The van der Waals surface area contributed by atoms with Crippen LogP contribution in [-0.2, 0) is 0 Å². The fourth-order valence-electron chi connectivity index (χ4n) is 1.81. The molecule has 0 bridgehead atoms. The van der Waals surface area contributed by atoms with E-state index in [0.717, 1.165) is 16.2 Å². The lowest BCUT2D eigenvalue weighted by molar-refractivity contribution is -0.265. The molecule has 0 aliphatic carbocycles.